The molecule has 0 atom stereocenters. The van der Waals surface area contributed by atoms with Gasteiger partial charge in [-0.05, 0) is 37.3 Å². The quantitative estimate of drug-likeness (QED) is 0.403. The van der Waals surface area contributed by atoms with Crippen molar-refractivity contribution in [3.8, 4) is 0 Å². The highest BCUT2D eigenvalue weighted by Crippen LogP contribution is 2.28. The highest BCUT2D eigenvalue weighted by molar-refractivity contribution is 5.90. The molecule has 2 N–H and O–H groups in total. The Balaban J connectivity index is 1.61. The number of aromatic nitrogens is 1. The molecule has 0 aromatic carbocycles. The summed E-state index contributed by atoms with van der Waals surface area (Å²) in [6, 6.07) is 3.72. The van der Waals surface area contributed by atoms with Crippen LogP contribution in [0.2, 0.25) is 0 Å². The Hall–Kier alpha value is -2.15. The molecule has 7 heteroatoms. The van der Waals surface area contributed by atoms with E-state index in [0.29, 0.717) is 25.4 Å². The fourth-order valence-corrected chi connectivity index (χ4v) is 2.26. The molecule has 1 aliphatic carbocycles. The molecule has 25 heavy (non-hydrogen) atoms. The number of anilines is 1. The summed E-state index contributed by atoms with van der Waals surface area (Å²) in [5, 5.41) is 5.98. The van der Waals surface area contributed by atoms with E-state index in [1.807, 2.05) is 24.9 Å². The lowest BCUT2D eigenvalue weighted by molar-refractivity contribution is -0.116. The molecular formula is C18H29N5O2. The van der Waals surface area contributed by atoms with Gasteiger partial charge in [0.1, 0.15) is 5.82 Å². The minimum Gasteiger partial charge on any atom is -0.379 e. The number of nitrogens with zero attached hydrogens (tertiary/aromatic N) is 3. The number of hydrogen-bond donors (Lipinski definition) is 2. The lowest BCUT2D eigenvalue weighted by Crippen LogP contribution is -2.41. The Morgan fingerprint density at radius 2 is 2.24 bits per heavy atom. The fourth-order valence-electron chi connectivity index (χ4n) is 2.26. The molecule has 1 aliphatic rings. The number of carbonyl (C=O) groups excluding carboxylic acids is 1. The van der Waals surface area contributed by atoms with Crippen molar-refractivity contribution in [3.05, 3.63) is 23.9 Å². The average Bonchev–Trinajstić information content (AvgIpc) is 3.42. The summed E-state index contributed by atoms with van der Waals surface area (Å²) in [6.45, 7) is 4.80. The van der Waals surface area contributed by atoms with E-state index in [-0.39, 0.29) is 5.91 Å². The van der Waals surface area contributed by atoms with Gasteiger partial charge in [0, 0.05) is 46.4 Å². The van der Waals surface area contributed by atoms with Crippen LogP contribution in [0.4, 0.5) is 5.82 Å². The monoisotopic (exact) mass is 347 g/mol. The summed E-state index contributed by atoms with van der Waals surface area (Å²) in [6.07, 6.45) is 4.69. The smallest absolute Gasteiger partial charge is 0.227 e. The summed E-state index contributed by atoms with van der Waals surface area (Å²) in [7, 11) is 3.70. The molecule has 0 radical (unpaired) electrons. The largest absolute Gasteiger partial charge is 0.379 e. The summed E-state index contributed by atoms with van der Waals surface area (Å²) in [4.78, 5) is 22.4. The van der Waals surface area contributed by atoms with Gasteiger partial charge in [-0.1, -0.05) is 6.07 Å². The zero-order chi connectivity index (χ0) is 18.1. The number of rotatable bonds is 9. The molecule has 0 bridgehead atoms. The molecule has 0 aliphatic heterocycles. The molecule has 0 spiro atoms. The number of ether oxygens (including phenoxy) is 1. The predicted molar refractivity (Wildman–Crippen MR) is 99.8 cm³/mol. The Bertz CT molecular complexity index is 569. The molecule has 1 aromatic rings. The van der Waals surface area contributed by atoms with Crippen molar-refractivity contribution in [2.45, 2.75) is 26.2 Å². The van der Waals surface area contributed by atoms with Crippen molar-refractivity contribution >= 4 is 17.7 Å². The molecule has 1 heterocycles. The third-order valence-corrected chi connectivity index (χ3v) is 4.01. The Labute approximate surface area is 149 Å². The standard InChI is InChI=1S/C18H29N5O2/c1-14-4-7-16(21-12-14)22-17(24)8-9-20-18(19-2)23(3)10-11-25-13-15-5-6-15/h4,7,12,15H,5-6,8-11,13H2,1-3H3,(H,19,20)(H,21,22,24). The van der Waals surface area contributed by atoms with Gasteiger partial charge >= 0.3 is 0 Å². The number of guanidine groups is 1. The van der Waals surface area contributed by atoms with E-state index >= 15 is 0 Å². The molecule has 138 valence electrons. The Kier molecular flexibility index (Phi) is 7.66. The first-order valence-corrected chi connectivity index (χ1v) is 8.80. The first-order chi connectivity index (χ1) is 12.1. The van der Waals surface area contributed by atoms with E-state index in [1.165, 1.54) is 12.8 Å². The molecule has 1 fully saturated rings. The number of carbonyl (C=O) groups is 1. The second-order valence-electron chi connectivity index (χ2n) is 6.43. The van der Waals surface area contributed by atoms with Crippen LogP contribution in [0.25, 0.3) is 0 Å². The second-order valence-corrected chi connectivity index (χ2v) is 6.43. The predicted octanol–water partition coefficient (Wildman–Crippen LogP) is 1.65. The van der Waals surface area contributed by atoms with Crippen LogP contribution in [-0.2, 0) is 9.53 Å². The third-order valence-electron chi connectivity index (χ3n) is 4.01. The number of likely N-dealkylation sites (N-methyl/N-ethyl adjacent to an activating group) is 1. The van der Waals surface area contributed by atoms with Crippen LogP contribution in [0.1, 0.15) is 24.8 Å². The van der Waals surface area contributed by atoms with Crippen LogP contribution in [0.3, 0.4) is 0 Å². The topological polar surface area (TPSA) is 78.8 Å². The Morgan fingerprint density at radius 3 is 2.88 bits per heavy atom. The minimum atomic E-state index is -0.0743. The lowest BCUT2D eigenvalue weighted by atomic mass is 10.3. The maximum atomic E-state index is 12.0. The van der Waals surface area contributed by atoms with E-state index in [4.69, 9.17) is 4.74 Å². The first kappa shape index (κ1) is 19.2. The number of aryl methyl sites for hydroxylation is 1. The van der Waals surface area contributed by atoms with E-state index < -0.39 is 0 Å². The summed E-state index contributed by atoms with van der Waals surface area (Å²) in [5.41, 5.74) is 1.06. The van der Waals surface area contributed by atoms with Gasteiger partial charge in [-0.15, -0.1) is 0 Å². The number of nitrogens with one attached hydrogen (secondary N) is 2. The molecule has 0 unspecified atom stereocenters. The Morgan fingerprint density at radius 1 is 1.44 bits per heavy atom. The van der Waals surface area contributed by atoms with Crippen molar-refractivity contribution in [2.24, 2.45) is 10.9 Å². The third kappa shape index (κ3) is 7.51. The number of pyridine rings is 1. The second kappa shape index (κ2) is 9.98. The van der Waals surface area contributed by atoms with Crippen LogP contribution < -0.4 is 10.6 Å². The van der Waals surface area contributed by atoms with Gasteiger partial charge in [0.25, 0.3) is 0 Å². The maximum Gasteiger partial charge on any atom is 0.227 e. The number of aliphatic imine (C=N–C) groups is 1. The molecular weight excluding hydrogens is 318 g/mol. The van der Waals surface area contributed by atoms with Gasteiger partial charge < -0.3 is 20.3 Å². The van der Waals surface area contributed by atoms with Crippen LogP contribution >= 0.6 is 0 Å². The molecule has 1 saturated carbocycles. The number of amides is 1. The zero-order valence-electron chi connectivity index (χ0n) is 15.4. The van der Waals surface area contributed by atoms with Crippen molar-refractivity contribution in [2.75, 3.05) is 45.7 Å². The van der Waals surface area contributed by atoms with E-state index in [9.17, 15) is 4.79 Å². The van der Waals surface area contributed by atoms with Crippen molar-refractivity contribution in [1.82, 2.24) is 15.2 Å². The molecule has 1 aromatic heterocycles. The number of hydrogen-bond acceptors (Lipinski definition) is 4. The highest BCUT2D eigenvalue weighted by Gasteiger charge is 2.21. The van der Waals surface area contributed by atoms with Crippen LogP contribution in [0.5, 0.6) is 0 Å². The van der Waals surface area contributed by atoms with Crippen LogP contribution in [0.15, 0.2) is 23.3 Å². The van der Waals surface area contributed by atoms with Crippen LogP contribution in [0, 0.1) is 12.8 Å². The first-order valence-electron chi connectivity index (χ1n) is 8.80. The van der Waals surface area contributed by atoms with Gasteiger partial charge in [-0.2, -0.15) is 0 Å². The van der Waals surface area contributed by atoms with E-state index in [1.54, 1.807) is 19.3 Å². The van der Waals surface area contributed by atoms with Crippen molar-refractivity contribution in [1.29, 1.82) is 0 Å². The van der Waals surface area contributed by atoms with Gasteiger partial charge in [0.15, 0.2) is 5.96 Å². The van der Waals surface area contributed by atoms with Crippen molar-refractivity contribution in [3.63, 3.8) is 0 Å². The fraction of sp³-hybridized carbons (Fsp3) is 0.611. The van der Waals surface area contributed by atoms with Crippen LogP contribution in [-0.4, -0.2) is 62.1 Å². The SMILES string of the molecule is CN=C(NCCC(=O)Nc1ccc(C)cn1)N(C)CCOCC1CC1. The molecule has 7 nitrogen and oxygen atoms in total. The van der Waals surface area contributed by atoms with Gasteiger partial charge in [-0.25, -0.2) is 4.98 Å². The highest BCUT2D eigenvalue weighted by atomic mass is 16.5. The maximum absolute atomic E-state index is 12.0. The average molecular weight is 347 g/mol. The molecule has 0 saturated heterocycles. The van der Waals surface area contributed by atoms with Gasteiger partial charge in [0.2, 0.25) is 5.91 Å². The molecule has 2 rings (SSSR count). The minimum absolute atomic E-state index is 0.0743. The zero-order valence-corrected chi connectivity index (χ0v) is 15.4. The summed E-state index contributed by atoms with van der Waals surface area (Å²) >= 11 is 0. The summed E-state index contributed by atoms with van der Waals surface area (Å²) in [5.74, 6) is 2.04. The summed E-state index contributed by atoms with van der Waals surface area (Å²) < 4.78 is 5.64. The van der Waals surface area contributed by atoms with Gasteiger partial charge in [-0.3, -0.25) is 9.79 Å². The van der Waals surface area contributed by atoms with Gasteiger partial charge in [0.05, 0.1) is 6.61 Å². The van der Waals surface area contributed by atoms with E-state index in [0.717, 1.165) is 30.6 Å². The lowest BCUT2D eigenvalue weighted by Gasteiger charge is -2.22. The van der Waals surface area contributed by atoms with E-state index in [2.05, 4.69) is 20.6 Å². The normalized spacial score (nSPS) is 14.3. The van der Waals surface area contributed by atoms with Crippen molar-refractivity contribution < 1.29 is 9.53 Å². The molecule has 1 amide bonds.